The highest BCUT2D eigenvalue weighted by Crippen LogP contribution is 2.18. The van der Waals surface area contributed by atoms with Gasteiger partial charge in [-0.2, -0.15) is 0 Å². The van der Waals surface area contributed by atoms with Crippen molar-refractivity contribution in [1.82, 2.24) is 10.2 Å². The van der Waals surface area contributed by atoms with Crippen LogP contribution in [0.2, 0.25) is 5.02 Å². The van der Waals surface area contributed by atoms with E-state index in [2.05, 4.69) is 5.32 Å². The molecule has 2 amide bonds. The van der Waals surface area contributed by atoms with Crippen LogP contribution >= 0.6 is 11.6 Å². The molecule has 7 heteroatoms. The third-order valence-corrected chi connectivity index (χ3v) is 5.55. The van der Waals surface area contributed by atoms with Gasteiger partial charge in [-0.3, -0.25) is 9.59 Å². The fourth-order valence-corrected chi connectivity index (χ4v) is 3.19. The number of amides is 2. The van der Waals surface area contributed by atoms with Gasteiger partial charge in [0.2, 0.25) is 11.8 Å². The van der Waals surface area contributed by atoms with Crippen molar-refractivity contribution in [2.24, 2.45) is 0 Å². The van der Waals surface area contributed by atoms with E-state index in [1.165, 1.54) is 0 Å². The summed E-state index contributed by atoms with van der Waals surface area (Å²) in [4.78, 5) is 27.4. The Morgan fingerprint density at radius 3 is 2.25 bits per heavy atom. The number of carbonyl (C=O) groups excluding carboxylic acids is 2. The zero-order valence-corrected chi connectivity index (χ0v) is 20.0. The molecule has 0 aliphatic rings. The van der Waals surface area contributed by atoms with Gasteiger partial charge in [-0.25, -0.2) is 0 Å². The lowest BCUT2D eigenvalue weighted by Crippen LogP contribution is -2.49. The van der Waals surface area contributed by atoms with E-state index >= 15 is 0 Å². The molecule has 174 valence electrons. The fourth-order valence-electron chi connectivity index (χ4n) is 3.06. The molecular weight excluding hydrogens is 428 g/mol. The van der Waals surface area contributed by atoms with E-state index in [9.17, 15) is 9.59 Å². The Balaban J connectivity index is 1.98. The number of rotatable bonds is 12. The van der Waals surface area contributed by atoms with Gasteiger partial charge in [0.05, 0.1) is 13.7 Å². The Labute approximate surface area is 195 Å². The molecule has 32 heavy (non-hydrogen) atoms. The Morgan fingerprint density at radius 2 is 1.66 bits per heavy atom. The number of halogens is 1. The molecule has 2 aromatic rings. The summed E-state index contributed by atoms with van der Waals surface area (Å²) in [6.45, 7) is 6.46. The van der Waals surface area contributed by atoms with Crippen LogP contribution in [0.5, 0.6) is 11.5 Å². The lowest BCUT2D eigenvalue weighted by molar-refractivity contribution is -0.141. The van der Waals surface area contributed by atoms with E-state index in [0.717, 1.165) is 23.5 Å². The average molecular weight is 461 g/mol. The van der Waals surface area contributed by atoms with Gasteiger partial charge < -0.3 is 19.7 Å². The molecular formula is C25H33ClN2O4. The SMILES string of the molecule is CC[C@H](C)NC(=O)[C@H](C)N(Cc1ccc(Cl)cc1)C(=O)CCCOc1ccc(OC)cc1. The molecule has 2 aromatic carbocycles. The van der Waals surface area contributed by atoms with Crippen LogP contribution in [0, 0.1) is 0 Å². The van der Waals surface area contributed by atoms with Gasteiger partial charge in [-0.15, -0.1) is 0 Å². The molecule has 0 radical (unpaired) electrons. The van der Waals surface area contributed by atoms with Crippen molar-refractivity contribution in [2.75, 3.05) is 13.7 Å². The summed E-state index contributed by atoms with van der Waals surface area (Å²) in [5.41, 5.74) is 0.917. The Morgan fingerprint density at radius 1 is 1.03 bits per heavy atom. The molecule has 6 nitrogen and oxygen atoms in total. The number of hydrogen-bond acceptors (Lipinski definition) is 4. The molecule has 0 spiro atoms. The van der Waals surface area contributed by atoms with Gasteiger partial charge in [0.15, 0.2) is 0 Å². The van der Waals surface area contributed by atoms with Crippen LogP contribution in [0.15, 0.2) is 48.5 Å². The fraction of sp³-hybridized carbons (Fsp3) is 0.440. The first-order valence-electron chi connectivity index (χ1n) is 10.9. The third kappa shape index (κ3) is 8.08. The number of ether oxygens (including phenoxy) is 2. The molecule has 1 N–H and O–H groups in total. The van der Waals surface area contributed by atoms with E-state index in [4.69, 9.17) is 21.1 Å². The van der Waals surface area contributed by atoms with Crippen LogP contribution in [0.25, 0.3) is 0 Å². The zero-order valence-electron chi connectivity index (χ0n) is 19.3. The van der Waals surface area contributed by atoms with E-state index in [0.29, 0.717) is 24.6 Å². The smallest absolute Gasteiger partial charge is 0.242 e. The first-order valence-corrected chi connectivity index (χ1v) is 11.3. The molecule has 0 unspecified atom stereocenters. The Bertz CT molecular complexity index is 855. The molecule has 0 saturated heterocycles. The molecule has 0 aliphatic heterocycles. The van der Waals surface area contributed by atoms with Crippen molar-refractivity contribution in [3.8, 4) is 11.5 Å². The molecule has 0 aliphatic carbocycles. The van der Waals surface area contributed by atoms with Gasteiger partial charge >= 0.3 is 0 Å². The first-order chi connectivity index (χ1) is 15.3. The van der Waals surface area contributed by atoms with E-state index in [1.807, 2.05) is 50.2 Å². The standard InChI is InChI=1S/C25H33ClN2O4/c1-5-18(2)27-25(30)19(3)28(17-20-8-10-21(26)11-9-20)24(29)7-6-16-32-23-14-12-22(31-4)13-15-23/h8-15,18-19H,5-7,16-17H2,1-4H3,(H,27,30)/t18-,19-/m0/s1. The molecule has 2 rings (SSSR count). The highest BCUT2D eigenvalue weighted by Gasteiger charge is 2.26. The number of methoxy groups -OCH3 is 1. The number of nitrogens with one attached hydrogen (secondary N) is 1. The summed E-state index contributed by atoms with van der Waals surface area (Å²) in [6, 6.07) is 14.1. The first kappa shape index (κ1) is 25.5. The quantitative estimate of drug-likeness (QED) is 0.460. The minimum absolute atomic E-state index is 0.0512. The van der Waals surface area contributed by atoms with Crippen molar-refractivity contribution in [2.45, 2.75) is 58.7 Å². The van der Waals surface area contributed by atoms with Gasteiger partial charge in [0, 0.05) is 24.0 Å². The van der Waals surface area contributed by atoms with E-state index in [1.54, 1.807) is 31.1 Å². The normalized spacial score (nSPS) is 12.5. The van der Waals surface area contributed by atoms with Gasteiger partial charge in [0.25, 0.3) is 0 Å². The van der Waals surface area contributed by atoms with Crippen molar-refractivity contribution >= 4 is 23.4 Å². The molecule has 0 heterocycles. The Kier molecular flexibility index (Phi) is 10.3. The molecule has 0 fully saturated rings. The predicted molar refractivity (Wildman–Crippen MR) is 127 cm³/mol. The van der Waals surface area contributed by atoms with Crippen LogP contribution in [-0.2, 0) is 16.1 Å². The second-order valence-corrected chi connectivity index (χ2v) is 8.21. The maximum atomic E-state index is 13.1. The number of benzene rings is 2. The summed E-state index contributed by atoms with van der Waals surface area (Å²) >= 11 is 5.98. The van der Waals surface area contributed by atoms with Crippen LogP contribution in [0.4, 0.5) is 0 Å². The van der Waals surface area contributed by atoms with Gasteiger partial charge in [-0.1, -0.05) is 30.7 Å². The lowest BCUT2D eigenvalue weighted by Gasteiger charge is -2.29. The minimum atomic E-state index is -0.588. The van der Waals surface area contributed by atoms with E-state index in [-0.39, 0.29) is 24.3 Å². The van der Waals surface area contributed by atoms with Crippen LogP contribution in [0.3, 0.4) is 0 Å². The van der Waals surface area contributed by atoms with Gasteiger partial charge in [0.1, 0.15) is 17.5 Å². The minimum Gasteiger partial charge on any atom is -0.497 e. The largest absolute Gasteiger partial charge is 0.497 e. The van der Waals surface area contributed by atoms with Crippen LogP contribution in [0.1, 0.15) is 45.6 Å². The average Bonchev–Trinajstić information content (AvgIpc) is 2.81. The third-order valence-electron chi connectivity index (χ3n) is 5.30. The zero-order chi connectivity index (χ0) is 23.5. The predicted octanol–water partition coefficient (Wildman–Crippen LogP) is 4.84. The summed E-state index contributed by atoms with van der Waals surface area (Å²) in [5.74, 6) is 1.23. The van der Waals surface area contributed by atoms with Crippen molar-refractivity contribution in [3.05, 3.63) is 59.1 Å². The molecule has 2 atom stereocenters. The lowest BCUT2D eigenvalue weighted by atomic mass is 10.1. The maximum Gasteiger partial charge on any atom is 0.242 e. The van der Waals surface area contributed by atoms with Crippen molar-refractivity contribution in [1.29, 1.82) is 0 Å². The monoisotopic (exact) mass is 460 g/mol. The number of carbonyl (C=O) groups is 2. The van der Waals surface area contributed by atoms with Crippen LogP contribution < -0.4 is 14.8 Å². The van der Waals surface area contributed by atoms with Gasteiger partial charge in [-0.05, 0) is 68.7 Å². The Hall–Kier alpha value is -2.73. The second-order valence-electron chi connectivity index (χ2n) is 7.77. The number of hydrogen-bond donors (Lipinski definition) is 1. The van der Waals surface area contributed by atoms with Crippen molar-refractivity contribution in [3.63, 3.8) is 0 Å². The molecule has 0 bridgehead atoms. The summed E-state index contributed by atoms with van der Waals surface area (Å²) < 4.78 is 10.9. The molecule has 0 saturated carbocycles. The van der Waals surface area contributed by atoms with Crippen molar-refractivity contribution < 1.29 is 19.1 Å². The number of nitrogens with zero attached hydrogens (tertiary/aromatic N) is 1. The topological polar surface area (TPSA) is 67.9 Å². The molecule has 0 aromatic heterocycles. The second kappa shape index (κ2) is 13.0. The highest BCUT2D eigenvalue weighted by molar-refractivity contribution is 6.30. The highest BCUT2D eigenvalue weighted by atomic mass is 35.5. The summed E-state index contributed by atoms with van der Waals surface area (Å²) in [7, 11) is 1.61. The van der Waals surface area contributed by atoms with E-state index < -0.39 is 6.04 Å². The van der Waals surface area contributed by atoms with Crippen LogP contribution in [-0.4, -0.2) is 42.5 Å². The summed E-state index contributed by atoms with van der Waals surface area (Å²) in [5, 5.41) is 3.60. The summed E-state index contributed by atoms with van der Waals surface area (Å²) in [6.07, 6.45) is 1.65. The maximum absolute atomic E-state index is 13.1.